The predicted octanol–water partition coefficient (Wildman–Crippen LogP) is 1.75. The third-order valence-electron chi connectivity index (χ3n) is 5.00. The second kappa shape index (κ2) is 5.98. The van der Waals surface area contributed by atoms with Gasteiger partial charge in [-0.3, -0.25) is 4.79 Å². The van der Waals surface area contributed by atoms with Crippen molar-refractivity contribution < 1.29 is 4.79 Å². The molecule has 25 heavy (non-hydrogen) atoms. The summed E-state index contributed by atoms with van der Waals surface area (Å²) in [6, 6.07) is 7.80. The third kappa shape index (κ3) is 2.59. The molecule has 0 spiro atoms. The van der Waals surface area contributed by atoms with Gasteiger partial charge in [-0.15, -0.1) is 5.10 Å². The largest absolute Gasteiger partial charge is 0.352 e. The molecule has 0 saturated carbocycles. The van der Waals surface area contributed by atoms with Crippen molar-refractivity contribution in [1.82, 2.24) is 24.1 Å². The van der Waals surface area contributed by atoms with E-state index in [0.29, 0.717) is 11.5 Å². The van der Waals surface area contributed by atoms with Crippen molar-refractivity contribution in [3.63, 3.8) is 0 Å². The van der Waals surface area contributed by atoms with E-state index in [9.17, 15) is 9.59 Å². The van der Waals surface area contributed by atoms with Crippen LogP contribution in [0, 0.1) is 6.92 Å². The van der Waals surface area contributed by atoms with Gasteiger partial charge in [0.25, 0.3) is 0 Å². The summed E-state index contributed by atoms with van der Waals surface area (Å²) < 4.78 is 2.75. The molecule has 1 aliphatic heterocycles. The summed E-state index contributed by atoms with van der Waals surface area (Å²) in [6.45, 7) is 4.57. The normalized spacial score (nSPS) is 18.2. The molecule has 0 bridgehead atoms. The van der Waals surface area contributed by atoms with Crippen molar-refractivity contribution in [1.29, 1.82) is 0 Å². The van der Waals surface area contributed by atoms with Gasteiger partial charge in [0.15, 0.2) is 5.65 Å². The van der Waals surface area contributed by atoms with Gasteiger partial charge in [0.1, 0.15) is 12.4 Å². The number of rotatable bonds is 2. The minimum absolute atomic E-state index is 0.0291. The van der Waals surface area contributed by atoms with Crippen LogP contribution in [0.1, 0.15) is 32.0 Å². The van der Waals surface area contributed by atoms with Gasteiger partial charge in [0, 0.05) is 18.0 Å². The summed E-state index contributed by atoms with van der Waals surface area (Å²) in [4.78, 5) is 31.7. The first-order valence-corrected chi connectivity index (χ1v) is 8.70. The van der Waals surface area contributed by atoms with Gasteiger partial charge in [-0.25, -0.2) is 18.9 Å². The Morgan fingerprint density at radius 3 is 2.88 bits per heavy atom. The van der Waals surface area contributed by atoms with E-state index in [1.807, 2.05) is 29.2 Å². The first-order valence-electron chi connectivity index (χ1n) is 8.70. The molecule has 1 aromatic carbocycles. The third-order valence-corrected chi connectivity index (χ3v) is 5.00. The van der Waals surface area contributed by atoms with Crippen LogP contribution in [0.2, 0.25) is 0 Å². The Labute approximate surface area is 144 Å². The zero-order chi connectivity index (χ0) is 17.6. The number of carbonyl (C=O) groups excluding carboxylic acids is 1. The average molecular weight is 339 g/mol. The van der Waals surface area contributed by atoms with Crippen LogP contribution < -0.4 is 5.69 Å². The number of hydrogen-bond acceptors (Lipinski definition) is 4. The molecule has 4 rings (SSSR count). The summed E-state index contributed by atoms with van der Waals surface area (Å²) in [5.74, 6) is 0.524. The van der Waals surface area contributed by atoms with Gasteiger partial charge >= 0.3 is 5.69 Å². The highest BCUT2D eigenvalue weighted by Gasteiger charge is 2.24. The molecule has 1 amide bonds. The van der Waals surface area contributed by atoms with Crippen LogP contribution in [0.4, 0.5) is 0 Å². The number of piperidine rings is 1. The Hall–Kier alpha value is -2.70. The quantitative estimate of drug-likeness (QED) is 0.713. The molecule has 130 valence electrons. The molecule has 7 heteroatoms. The smallest absolute Gasteiger partial charge is 0.338 e. The number of carbonyl (C=O) groups is 1. The molecule has 3 heterocycles. The van der Waals surface area contributed by atoms with Crippen LogP contribution in [0.15, 0.2) is 29.1 Å². The fourth-order valence-corrected chi connectivity index (χ4v) is 3.65. The van der Waals surface area contributed by atoms with E-state index in [1.54, 1.807) is 6.92 Å². The Kier molecular flexibility index (Phi) is 3.78. The van der Waals surface area contributed by atoms with Crippen molar-refractivity contribution in [3.8, 4) is 0 Å². The van der Waals surface area contributed by atoms with Gasteiger partial charge in [-0.1, -0.05) is 12.1 Å². The van der Waals surface area contributed by atoms with E-state index < -0.39 is 0 Å². The number of aromatic nitrogens is 4. The molecule has 1 saturated heterocycles. The molecule has 1 atom stereocenters. The SMILES string of the molecule is Cc1nc2ccccc2c2nn(CC(=O)N3CCCCC3C)c(=O)n12. The van der Waals surface area contributed by atoms with Crippen LogP contribution in [-0.2, 0) is 11.3 Å². The van der Waals surface area contributed by atoms with Crippen LogP contribution in [0.25, 0.3) is 16.6 Å². The van der Waals surface area contributed by atoms with Crippen molar-refractivity contribution in [2.75, 3.05) is 6.54 Å². The Bertz CT molecular complexity index is 1020. The maximum atomic E-state index is 12.7. The lowest BCUT2D eigenvalue weighted by Gasteiger charge is -2.33. The molecule has 0 N–H and O–H groups in total. The molecule has 1 fully saturated rings. The van der Waals surface area contributed by atoms with Gasteiger partial charge in [0.2, 0.25) is 5.91 Å². The molecule has 0 radical (unpaired) electrons. The van der Waals surface area contributed by atoms with E-state index in [4.69, 9.17) is 0 Å². The lowest BCUT2D eigenvalue weighted by atomic mass is 10.0. The van der Waals surface area contributed by atoms with E-state index in [1.165, 1.54) is 9.08 Å². The van der Waals surface area contributed by atoms with Gasteiger partial charge in [-0.05, 0) is 45.2 Å². The average Bonchev–Trinajstić information content (AvgIpc) is 2.93. The number of amides is 1. The summed E-state index contributed by atoms with van der Waals surface area (Å²) in [7, 11) is 0. The lowest BCUT2D eigenvalue weighted by molar-refractivity contribution is -0.135. The zero-order valence-corrected chi connectivity index (χ0v) is 14.5. The second-order valence-electron chi connectivity index (χ2n) is 6.71. The maximum Gasteiger partial charge on any atom is 0.352 e. The van der Waals surface area contributed by atoms with Crippen LogP contribution >= 0.6 is 0 Å². The number of likely N-dealkylation sites (tertiary alicyclic amines) is 1. The van der Waals surface area contributed by atoms with E-state index in [-0.39, 0.29) is 24.2 Å². The number of fused-ring (bicyclic) bond motifs is 3. The monoisotopic (exact) mass is 339 g/mol. The topological polar surface area (TPSA) is 72.5 Å². The fourth-order valence-electron chi connectivity index (χ4n) is 3.65. The summed E-state index contributed by atoms with van der Waals surface area (Å²) in [5.41, 5.74) is 1.02. The van der Waals surface area contributed by atoms with Crippen LogP contribution in [0.5, 0.6) is 0 Å². The number of hydrogen-bond donors (Lipinski definition) is 0. The number of benzene rings is 1. The van der Waals surface area contributed by atoms with Crippen molar-refractivity contribution in [2.45, 2.75) is 45.7 Å². The molecule has 7 nitrogen and oxygen atoms in total. The Morgan fingerprint density at radius 1 is 1.28 bits per heavy atom. The van der Waals surface area contributed by atoms with Crippen LogP contribution in [-0.4, -0.2) is 42.6 Å². The minimum Gasteiger partial charge on any atom is -0.338 e. The van der Waals surface area contributed by atoms with Crippen LogP contribution in [0.3, 0.4) is 0 Å². The lowest BCUT2D eigenvalue weighted by Crippen LogP contribution is -2.44. The molecule has 1 unspecified atom stereocenters. The van der Waals surface area contributed by atoms with E-state index >= 15 is 0 Å². The first-order chi connectivity index (χ1) is 12.1. The Morgan fingerprint density at radius 2 is 2.08 bits per heavy atom. The molecule has 2 aromatic heterocycles. The number of aryl methyl sites for hydroxylation is 1. The number of para-hydroxylation sites is 1. The van der Waals surface area contributed by atoms with Crippen molar-refractivity contribution in [2.24, 2.45) is 0 Å². The minimum atomic E-state index is -0.316. The predicted molar refractivity (Wildman–Crippen MR) is 94.5 cm³/mol. The number of nitrogens with zero attached hydrogens (tertiary/aromatic N) is 5. The highest BCUT2D eigenvalue weighted by atomic mass is 16.2. The standard InChI is InChI=1S/C18H21N5O2/c1-12-7-5-6-10-21(12)16(24)11-22-18(25)23-13(2)19-15-9-4-3-8-14(15)17(23)20-22/h3-4,8-9,12H,5-7,10-11H2,1-2H3. The maximum absolute atomic E-state index is 12.7. The highest BCUT2D eigenvalue weighted by molar-refractivity contribution is 5.91. The summed E-state index contributed by atoms with van der Waals surface area (Å²) >= 11 is 0. The van der Waals surface area contributed by atoms with Gasteiger partial charge in [0.05, 0.1) is 5.52 Å². The zero-order valence-electron chi connectivity index (χ0n) is 14.5. The van der Waals surface area contributed by atoms with Crippen molar-refractivity contribution in [3.05, 3.63) is 40.6 Å². The van der Waals surface area contributed by atoms with E-state index in [2.05, 4.69) is 17.0 Å². The Balaban J connectivity index is 1.77. The highest BCUT2D eigenvalue weighted by Crippen LogP contribution is 2.18. The van der Waals surface area contributed by atoms with Crippen molar-refractivity contribution >= 4 is 22.5 Å². The van der Waals surface area contributed by atoms with Gasteiger partial charge in [-0.2, -0.15) is 0 Å². The molecular formula is C18H21N5O2. The second-order valence-corrected chi connectivity index (χ2v) is 6.71. The fraction of sp³-hybridized carbons (Fsp3) is 0.444. The van der Waals surface area contributed by atoms with E-state index in [0.717, 1.165) is 36.7 Å². The van der Waals surface area contributed by atoms with Gasteiger partial charge < -0.3 is 4.90 Å². The first kappa shape index (κ1) is 15.8. The molecule has 1 aliphatic rings. The summed E-state index contributed by atoms with van der Waals surface area (Å²) in [5, 5.41) is 5.25. The molecule has 3 aromatic rings. The molecule has 0 aliphatic carbocycles. The molecular weight excluding hydrogens is 318 g/mol. The summed E-state index contributed by atoms with van der Waals surface area (Å²) in [6.07, 6.45) is 3.18.